The first-order valence-electron chi connectivity index (χ1n) is 5.83. The van der Waals surface area contributed by atoms with Crippen LogP contribution in [0, 0.1) is 20.2 Å². The van der Waals surface area contributed by atoms with Gasteiger partial charge in [0.25, 0.3) is 5.69 Å². The molecule has 2 aromatic rings. The third kappa shape index (κ3) is 3.41. The van der Waals surface area contributed by atoms with Crippen LogP contribution in [0.15, 0.2) is 6.07 Å². The number of thiazole rings is 1. The van der Waals surface area contributed by atoms with Crippen molar-refractivity contribution in [2.24, 2.45) is 0 Å². The van der Waals surface area contributed by atoms with Crippen LogP contribution >= 0.6 is 11.3 Å². The Bertz CT molecular complexity index is 790. The van der Waals surface area contributed by atoms with Gasteiger partial charge in [-0.05, 0) is 12.7 Å². The minimum atomic E-state index is -0.995. The van der Waals surface area contributed by atoms with Crippen LogP contribution in [-0.4, -0.2) is 27.4 Å². The molecule has 2 amide bonds. The molecule has 6 N–H and O–H groups in total. The lowest BCUT2D eigenvalue weighted by Gasteiger charge is -2.06. The van der Waals surface area contributed by atoms with Crippen molar-refractivity contribution in [3.63, 3.8) is 0 Å². The zero-order valence-electron chi connectivity index (χ0n) is 12.0. The second-order valence-electron chi connectivity index (χ2n) is 3.94. The molecule has 0 radical (unpaired) electrons. The summed E-state index contributed by atoms with van der Waals surface area (Å²) in [4.78, 5) is 35.1. The van der Waals surface area contributed by atoms with Crippen LogP contribution in [-0.2, 0) is 0 Å². The first kappa shape index (κ1) is 18.0. The maximum Gasteiger partial charge on any atom is 0.321 e. The van der Waals surface area contributed by atoms with Crippen molar-refractivity contribution < 1.29 is 19.7 Å². The summed E-state index contributed by atoms with van der Waals surface area (Å²) in [6.07, 6.45) is 0. The second-order valence-corrected chi connectivity index (χ2v) is 4.94. The highest BCUT2D eigenvalue weighted by Gasteiger charge is 2.24. The number of nitro groups is 2. The molecule has 12 nitrogen and oxygen atoms in total. The zero-order chi connectivity index (χ0) is 16.4. The number of carbonyl (C=O) groups excluding carboxylic acids is 1. The van der Waals surface area contributed by atoms with Crippen molar-refractivity contribution in [3.8, 4) is 5.75 Å². The molecule has 0 aliphatic rings. The molecule has 13 heteroatoms. The molecular formula is C10H12N6O6S. The summed E-state index contributed by atoms with van der Waals surface area (Å²) in [5.74, 6) is -0.980. The van der Waals surface area contributed by atoms with Gasteiger partial charge in [-0.1, -0.05) is 11.3 Å². The fourth-order valence-corrected chi connectivity index (χ4v) is 2.58. The van der Waals surface area contributed by atoms with Gasteiger partial charge in [0, 0.05) is 6.54 Å². The van der Waals surface area contributed by atoms with Crippen LogP contribution in [0.1, 0.15) is 6.92 Å². The number of nitro benzene ring substituents is 2. The lowest BCUT2D eigenvalue weighted by atomic mass is 10.2. The Balaban J connectivity index is 0.00000264. The Hall–Kier alpha value is -3.06. The van der Waals surface area contributed by atoms with Gasteiger partial charge >= 0.3 is 11.7 Å². The predicted molar refractivity (Wildman–Crippen MR) is 81.1 cm³/mol. The maximum absolute atomic E-state index is 11.9. The van der Waals surface area contributed by atoms with Crippen molar-refractivity contribution in [2.75, 3.05) is 11.9 Å². The van der Waals surface area contributed by atoms with E-state index in [1.54, 1.807) is 6.92 Å². The normalized spacial score (nSPS) is 9.96. The van der Waals surface area contributed by atoms with Crippen LogP contribution in [0.3, 0.4) is 0 Å². The number of carbonyl (C=O) groups is 1. The average molecular weight is 344 g/mol. The van der Waals surface area contributed by atoms with Gasteiger partial charge in [-0.25, -0.2) is 9.78 Å². The number of amides is 2. The monoisotopic (exact) mass is 344 g/mol. The Morgan fingerprint density at radius 3 is 2.43 bits per heavy atom. The number of hydrogen-bond donors (Lipinski definition) is 3. The number of anilines is 1. The van der Waals surface area contributed by atoms with Crippen LogP contribution in [0.25, 0.3) is 10.2 Å². The molecule has 0 fully saturated rings. The molecule has 0 aliphatic heterocycles. The second kappa shape index (κ2) is 6.80. The van der Waals surface area contributed by atoms with Crippen molar-refractivity contribution in [2.45, 2.75) is 6.92 Å². The minimum absolute atomic E-state index is 0. The summed E-state index contributed by atoms with van der Waals surface area (Å²) in [5.41, 5.74) is -1.87. The zero-order valence-corrected chi connectivity index (χ0v) is 12.8. The molecule has 1 aromatic carbocycles. The topological polar surface area (TPSA) is 200 Å². The van der Waals surface area contributed by atoms with Gasteiger partial charge in [0.2, 0.25) is 0 Å². The van der Waals surface area contributed by atoms with Crippen LogP contribution in [0.2, 0.25) is 0 Å². The summed E-state index contributed by atoms with van der Waals surface area (Å²) in [6, 6.07) is -0.0357. The van der Waals surface area contributed by atoms with E-state index in [1.807, 2.05) is 0 Å². The fourth-order valence-electron chi connectivity index (χ4n) is 1.66. The lowest BCUT2D eigenvalue weighted by Crippen LogP contribution is -2.28. The molecule has 0 spiro atoms. The van der Waals surface area contributed by atoms with Crippen molar-refractivity contribution >= 4 is 44.1 Å². The van der Waals surface area contributed by atoms with E-state index in [9.17, 15) is 30.1 Å². The molecule has 0 atom stereocenters. The highest BCUT2D eigenvalue weighted by molar-refractivity contribution is 7.22. The molecule has 0 unspecified atom stereocenters. The van der Waals surface area contributed by atoms with Gasteiger partial charge < -0.3 is 16.6 Å². The van der Waals surface area contributed by atoms with E-state index in [0.29, 0.717) is 23.9 Å². The van der Waals surface area contributed by atoms with Gasteiger partial charge in [0.1, 0.15) is 0 Å². The first-order chi connectivity index (χ1) is 10.3. The van der Waals surface area contributed by atoms with Crippen molar-refractivity contribution in [1.29, 1.82) is 0 Å². The summed E-state index contributed by atoms with van der Waals surface area (Å²) in [7, 11) is 0. The number of non-ortho nitro benzene ring substituents is 1. The molecule has 1 aromatic heterocycles. The molecule has 0 saturated heterocycles. The SMILES string of the molecule is CCNC(=O)Nc1nc2c([N+](=O)[O-])cc([N+](=O)[O-])c([O-])c2s1.[NH4+]. The molecule has 2 rings (SSSR count). The number of urea groups is 1. The number of fused-ring (bicyclic) bond motifs is 1. The van der Waals surface area contributed by atoms with E-state index in [1.165, 1.54) is 0 Å². The summed E-state index contributed by atoms with van der Waals surface area (Å²) in [6.45, 7) is 2.02. The summed E-state index contributed by atoms with van der Waals surface area (Å²) >= 11 is 0.637. The predicted octanol–water partition coefficient (Wildman–Crippen LogP) is 1.70. The number of nitrogens with zero attached hydrogens (tertiary/aromatic N) is 3. The van der Waals surface area contributed by atoms with E-state index < -0.39 is 33.0 Å². The van der Waals surface area contributed by atoms with Gasteiger partial charge in [0.15, 0.2) is 10.6 Å². The van der Waals surface area contributed by atoms with E-state index >= 15 is 0 Å². The molecule has 1 heterocycles. The average Bonchev–Trinajstić information content (AvgIpc) is 2.82. The summed E-state index contributed by atoms with van der Waals surface area (Å²) in [5, 5.41) is 38.4. The number of quaternary nitrogens is 1. The van der Waals surface area contributed by atoms with Crippen LogP contribution in [0.5, 0.6) is 5.75 Å². The van der Waals surface area contributed by atoms with Gasteiger partial charge in [0.05, 0.1) is 20.6 Å². The van der Waals surface area contributed by atoms with E-state index in [-0.39, 0.29) is 21.5 Å². The third-order valence-corrected chi connectivity index (χ3v) is 3.50. The summed E-state index contributed by atoms with van der Waals surface area (Å²) < 4.78 is -0.257. The minimum Gasteiger partial charge on any atom is -0.867 e. The number of rotatable bonds is 4. The number of aromatic nitrogens is 1. The van der Waals surface area contributed by atoms with Crippen molar-refractivity contribution in [3.05, 3.63) is 26.3 Å². The molecule has 124 valence electrons. The highest BCUT2D eigenvalue weighted by atomic mass is 32.1. The Morgan fingerprint density at radius 2 is 1.91 bits per heavy atom. The van der Waals surface area contributed by atoms with E-state index in [0.717, 1.165) is 0 Å². The highest BCUT2D eigenvalue weighted by Crippen LogP contribution is 2.42. The van der Waals surface area contributed by atoms with Gasteiger partial charge in [-0.15, -0.1) is 0 Å². The number of benzene rings is 1. The Kier molecular flexibility index (Phi) is 5.32. The first-order valence-corrected chi connectivity index (χ1v) is 6.65. The molecule has 0 aliphatic carbocycles. The lowest BCUT2D eigenvalue weighted by molar-refractivity contribution is -0.402. The number of hydrogen-bond acceptors (Lipinski definition) is 8. The van der Waals surface area contributed by atoms with E-state index in [2.05, 4.69) is 15.6 Å². The van der Waals surface area contributed by atoms with Crippen molar-refractivity contribution in [1.82, 2.24) is 16.5 Å². The van der Waals surface area contributed by atoms with Crippen LogP contribution < -0.4 is 21.9 Å². The smallest absolute Gasteiger partial charge is 0.321 e. The Labute approximate surface area is 132 Å². The maximum atomic E-state index is 11.9. The third-order valence-electron chi connectivity index (χ3n) is 2.53. The molecule has 23 heavy (non-hydrogen) atoms. The number of nitrogens with one attached hydrogen (secondary N) is 2. The molecule has 0 bridgehead atoms. The quantitative estimate of drug-likeness (QED) is 0.553. The largest absolute Gasteiger partial charge is 0.867 e. The standard InChI is InChI=1S/C10H9N5O6S.H3N/c1-2-11-9(17)13-10-12-6-4(14(18)19)3-5(15(20)21)7(16)8(6)22-10;/h3,16H,2H2,1H3,(H2,11,12,13,17);1H3. The molecule has 0 saturated carbocycles. The Morgan fingerprint density at radius 1 is 1.30 bits per heavy atom. The molecular weight excluding hydrogens is 332 g/mol. The van der Waals surface area contributed by atoms with Gasteiger partial charge in [-0.2, -0.15) is 0 Å². The van der Waals surface area contributed by atoms with E-state index in [4.69, 9.17) is 0 Å². The fraction of sp³-hybridized carbons (Fsp3) is 0.200. The van der Waals surface area contributed by atoms with Crippen LogP contribution in [0.4, 0.5) is 21.3 Å². The van der Waals surface area contributed by atoms with Gasteiger partial charge in [-0.3, -0.25) is 25.5 Å².